The predicted molar refractivity (Wildman–Crippen MR) is 79.1 cm³/mol. The molecule has 1 aromatic carbocycles. The van der Waals surface area contributed by atoms with Crippen LogP contribution >= 0.6 is 22.9 Å². The summed E-state index contributed by atoms with van der Waals surface area (Å²) in [4.78, 5) is 12.8. The van der Waals surface area contributed by atoms with Gasteiger partial charge in [0.25, 0.3) is 0 Å². The zero-order valence-corrected chi connectivity index (χ0v) is 12.1. The van der Waals surface area contributed by atoms with Gasteiger partial charge in [-0.1, -0.05) is 17.7 Å². The lowest BCUT2D eigenvalue weighted by atomic mass is 10.2. The summed E-state index contributed by atoms with van der Waals surface area (Å²) >= 11 is 7.47. The molecule has 2 aromatic rings. The van der Waals surface area contributed by atoms with Crippen molar-refractivity contribution in [3.8, 4) is 0 Å². The molecule has 0 bridgehead atoms. The Morgan fingerprint density at radius 1 is 1.42 bits per heavy atom. The van der Waals surface area contributed by atoms with Gasteiger partial charge in [0.2, 0.25) is 0 Å². The van der Waals surface area contributed by atoms with Crippen LogP contribution in [0.4, 0.5) is 5.69 Å². The summed E-state index contributed by atoms with van der Waals surface area (Å²) in [5.74, 6) is -0.301. The second kappa shape index (κ2) is 6.59. The summed E-state index contributed by atoms with van der Waals surface area (Å²) in [5, 5.41) is 5.90. The summed E-state index contributed by atoms with van der Waals surface area (Å²) in [6.07, 6.45) is 0. The smallest absolute Gasteiger partial charge is 0.338 e. The minimum atomic E-state index is -0.301. The Labute approximate surface area is 121 Å². The number of thiophene rings is 1. The molecule has 1 heterocycles. The molecule has 0 amide bonds. The lowest BCUT2D eigenvalue weighted by molar-refractivity contribution is 0.0526. The first-order chi connectivity index (χ1) is 9.19. The average Bonchev–Trinajstić information content (AvgIpc) is 2.83. The van der Waals surface area contributed by atoms with E-state index in [-0.39, 0.29) is 5.97 Å². The van der Waals surface area contributed by atoms with E-state index in [4.69, 9.17) is 16.3 Å². The van der Waals surface area contributed by atoms with Gasteiger partial charge in [0.1, 0.15) is 0 Å². The maximum atomic E-state index is 11.6. The van der Waals surface area contributed by atoms with Crippen LogP contribution in [0.1, 0.15) is 22.2 Å². The largest absolute Gasteiger partial charge is 0.462 e. The number of benzene rings is 1. The van der Waals surface area contributed by atoms with E-state index in [2.05, 4.69) is 5.32 Å². The first-order valence-corrected chi connectivity index (χ1v) is 7.18. The molecule has 0 aliphatic rings. The van der Waals surface area contributed by atoms with Crippen molar-refractivity contribution >= 4 is 34.6 Å². The molecule has 2 rings (SSSR count). The molecule has 0 unspecified atom stereocenters. The summed E-state index contributed by atoms with van der Waals surface area (Å²) in [5.41, 5.74) is 1.44. The van der Waals surface area contributed by atoms with Crippen LogP contribution in [0.25, 0.3) is 0 Å². The third-order valence-corrected chi connectivity index (χ3v) is 3.75. The number of carbonyl (C=O) groups excluding carboxylic acids is 1. The second-order valence-corrected chi connectivity index (χ2v) is 5.32. The molecule has 5 heteroatoms. The van der Waals surface area contributed by atoms with Crippen LogP contribution in [-0.2, 0) is 11.3 Å². The molecule has 0 spiro atoms. The molecular weight excluding hydrogens is 282 g/mol. The highest BCUT2D eigenvalue weighted by Gasteiger charge is 2.06. The maximum absolute atomic E-state index is 11.6. The van der Waals surface area contributed by atoms with Crippen LogP contribution in [0, 0.1) is 0 Å². The quantitative estimate of drug-likeness (QED) is 0.841. The molecule has 1 aromatic heterocycles. The van der Waals surface area contributed by atoms with Crippen molar-refractivity contribution in [3.63, 3.8) is 0 Å². The normalized spacial score (nSPS) is 10.2. The summed E-state index contributed by atoms with van der Waals surface area (Å²) in [6.45, 7) is 2.86. The van der Waals surface area contributed by atoms with Gasteiger partial charge in [-0.25, -0.2) is 4.79 Å². The molecular formula is C14H14ClNO2S. The minimum Gasteiger partial charge on any atom is -0.462 e. The number of halogens is 1. The third kappa shape index (κ3) is 3.98. The van der Waals surface area contributed by atoms with E-state index in [1.54, 1.807) is 30.4 Å². The van der Waals surface area contributed by atoms with Crippen molar-refractivity contribution < 1.29 is 9.53 Å². The Balaban J connectivity index is 2.00. The van der Waals surface area contributed by atoms with E-state index >= 15 is 0 Å². The fourth-order valence-electron chi connectivity index (χ4n) is 1.61. The van der Waals surface area contributed by atoms with E-state index in [0.717, 1.165) is 15.6 Å². The van der Waals surface area contributed by atoms with E-state index in [9.17, 15) is 4.79 Å². The molecule has 0 saturated heterocycles. The van der Waals surface area contributed by atoms with Crippen molar-refractivity contribution in [1.29, 1.82) is 0 Å². The van der Waals surface area contributed by atoms with Gasteiger partial charge in [0.05, 0.1) is 17.2 Å². The van der Waals surface area contributed by atoms with Crippen molar-refractivity contribution in [1.82, 2.24) is 0 Å². The number of esters is 1. The number of anilines is 1. The molecule has 0 saturated carbocycles. The van der Waals surface area contributed by atoms with E-state index in [0.29, 0.717) is 18.7 Å². The first kappa shape index (κ1) is 13.9. The molecule has 0 atom stereocenters. The van der Waals surface area contributed by atoms with Crippen LogP contribution in [-0.4, -0.2) is 12.6 Å². The molecule has 1 N–H and O–H groups in total. The fraction of sp³-hybridized carbons (Fsp3) is 0.214. The minimum absolute atomic E-state index is 0.301. The van der Waals surface area contributed by atoms with Crippen molar-refractivity contribution in [3.05, 3.63) is 51.2 Å². The Morgan fingerprint density at radius 2 is 2.26 bits per heavy atom. The van der Waals surface area contributed by atoms with Crippen molar-refractivity contribution in [2.45, 2.75) is 13.5 Å². The van der Waals surface area contributed by atoms with Gasteiger partial charge in [-0.05, 0) is 31.2 Å². The highest BCUT2D eigenvalue weighted by atomic mass is 35.5. The molecule has 3 nitrogen and oxygen atoms in total. The number of rotatable bonds is 5. The SMILES string of the molecule is CCOC(=O)c1cccc(NCc2cc(Cl)cs2)c1. The summed E-state index contributed by atoms with van der Waals surface area (Å²) in [6, 6.07) is 9.20. The van der Waals surface area contributed by atoms with E-state index in [1.807, 2.05) is 23.6 Å². The van der Waals surface area contributed by atoms with Crippen LogP contribution in [0.5, 0.6) is 0 Å². The van der Waals surface area contributed by atoms with Gasteiger partial charge in [-0.2, -0.15) is 0 Å². The fourth-order valence-corrected chi connectivity index (χ4v) is 2.62. The van der Waals surface area contributed by atoms with Gasteiger partial charge in [-0.15, -0.1) is 11.3 Å². The standard InChI is InChI=1S/C14H14ClNO2S/c1-2-18-14(17)10-4-3-5-12(6-10)16-8-13-7-11(15)9-19-13/h3-7,9,16H,2,8H2,1H3. The number of nitrogens with one attached hydrogen (secondary N) is 1. The Morgan fingerprint density at radius 3 is 2.95 bits per heavy atom. The lowest BCUT2D eigenvalue weighted by Gasteiger charge is -2.07. The summed E-state index contributed by atoms with van der Waals surface area (Å²) < 4.78 is 4.97. The third-order valence-electron chi connectivity index (χ3n) is 2.46. The number of carbonyl (C=O) groups is 1. The van der Waals surface area contributed by atoms with E-state index in [1.165, 1.54) is 0 Å². The van der Waals surface area contributed by atoms with E-state index < -0.39 is 0 Å². The molecule has 0 aliphatic heterocycles. The Kier molecular flexibility index (Phi) is 4.82. The second-order valence-electron chi connectivity index (χ2n) is 3.89. The zero-order valence-electron chi connectivity index (χ0n) is 10.5. The maximum Gasteiger partial charge on any atom is 0.338 e. The van der Waals surface area contributed by atoms with Crippen molar-refractivity contribution in [2.75, 3.05) is 11.9 Å². The summed E-state index contributed by atoms with van der Waals surface area (Å²) in [7, 11) is 0. The van der Waals surface area contributed by atoms with Crippen LogP contribution in [0.15, 0.2) is 35.7 Å². The topological polar surface area (TPSA) is 38.3 Å². The Bertz CT molecular complexity index is 568. The molecule has 100 valence electrons. The zero-order chi connectivity index (χ0) is 13.7. The van der Waals surface area contributed by atoms with Gasteiger partial charge in [0.15, 0.2) is 0 Å². The molecule has 0 radical (unpaired) electrons. The van der Waals surface area contributed by atoms with Gasteiger partial charge in [0, 0.05) is 22.5 Å². The monoisotopic (exact) mass is 295 g/mol. The lowest BCUT2D eigenvalue weighted by Crippen LogP contribution is -2.05. The Hall–Kier alpha value is -1.52. The van der Waals surface area contributed by atoms with Gasteiger partial charge < -0.3 is 10.1 Å². The van der Waals surface area contributed by atoms with Gasteiger partial charge in [-0.3, -0.25) is 0 Å². The van der Waals surface area contributed by atoms with Crippen LogP contribution in [0.3, 0.4) is 0 Å². The van der Waals surface area contributed by atoms with Crippen molar-refractivity contribution in [2.24, 2.45) is 0 Å². The van der Waals surface area contributed by atoms with Crippen LogP contribution < -0.4 is 5.32 Å². The van der Waals surface area contributed by atoms with Crippen LogP contribution in [0.2, 0.25) is 5.02 Å². The molecule has 0 fully saturated rings. The predicted octanol–water partition coefficient (Wildman–Crippen LogP) is 4.19. The highest BCUT2D eigenvalue weighted by Crippen LogP contribution is 2.20. The average molecular weight is 296 g/mol. The molecule has 19 heavy (non-hydrogen) atoms. The molecule has 0 aliphatic carbocycles. The number of hydrogen-bond donors (Lipinski definition) is 1. The first-order valence-electron chi connectivity index (χ1n) is 5.93. The highest BCUT2D eigenvalue weighted by molar-refractivity contribution is 7.10. The number of ether oxygens (including phenoxy) is 1. The number of hydrogen-bond acceptors (Lipinski definition) is 4. The van der Waals surface area contributed by atoms with Gasteiger partial charge >= 0.3 is 5.97 Å².